The highest BCUT2D eigenvalue weighted by Crippen LogP contribution is 2.31. The summed E-state index contributed by atoms with van der Waals surface area (Å²) in [5.41, 5.74) is 3.20. The van der Waals surface area contributed by atoms with Crippen LogP contribution in [0.25, 0.3) is 0 Å². The van der Waals surface area contributed by atoms with Gasteiger partial charge in [0.2, 0.25) is 5.91 Å². The van der Waals surface area contributed by atoms with Crippen molar-refractivity contribution in [2.75, 3.05) is 4.90 Å². The van der Waals surface area contributed by atoms with Crippen LogP contribution in [0.2, 0.25) is 0 Å². The van der Waals surface area contributed by atoms with Gasteiger partial charge in [-0.2, -0.15) is 0 Å². The second-order valence-electron chi connectivity index (χ2n) is 6.55. The second-order valence-corrected chi connectivity index (χ2v) is 7.39. The van der Waals surface area contributed by atoms with E-state index in [1.165, 1.54) is 28.1 Å². The Hall–Kier alpha value is -3.32. The maximum atomic E-state index is 12.5. The smallest absolute Gasteiger partial charge is 0.261 e. The molecule has 7 heteroatoms. The van der Waals surface area contributed by atoms with Gasteiger partial charge in [-0.05, 0) is 31.2 Å². The van der Waals surface area contributed by atoms with Crippen LogP contribution in [0.5, 0.6) is 0 Å². The van der Waals surface area contributed by atoms with Crippen LogP contribution in [-0.2, 0) is 11.3 Å². The number of fused-ring (bicyclic) bond motifs is 1. The first-order valence-electron chi connectivity index (χ1n) is 8.72. The first-order chi connectivity index (χ1) is 13.5. The first-order valence-corrected chi connectivity index (χ1v) is 9.60. The van der Waals surface area contributed by atoms with Crippen LogP contribution in [-0.4, -0.2) is 27.6 Å². The predicted octanol–water partition coefficient (Wildman–Crippen LogP) is 3.93. The molecule has 0 saturated carbocycles. The van der Waals surface area contributed by atoms with Crippen molar-refractivity contribution in [1.82, 2.24) is 9.88 Å². The minimum Gasteiger partial charge on any atom is -0.274 e. The number of anilines is 2. The zero-order valence-electron chi connectivity index (χ0n) is 15.4. The van der Waals surface area contributed by atoms with Crippen LogP contribution in [0, 0.1) is 6.92 Å². The van der Waals surface area contributed by atoms with E-state index in [4.69, 9.17) is 0 Å². The largest absolute Gasteiger partial charge is 0.274 e. The van der Waals surface area contributed by atoms with Crippen molar-refractivity contribution in [2.24, 2.45) is 0 Å². The summed E-state index contributed by atoms with van der Waals surface area (Å²) in [6, 6.07) is 14.4. The Labute approximate surface area is 166 Å². The monoisotopic (exact) mass is 391 g/mol. The molecule has 3 amide bonds. The lowest BCUT2D eigenvalue weighted by Gasteiger charge is -2.18. The van der Waals surface area contributed by atoms with Gasteiger partial charge >= 0.3 is 0 Å². The normalized spacial score (nSPS) is 13.0. The summed E-state index contributed by atoms with van der Waals surface area (Å²) >= 11 is 1.30. The molecular formula is C21H17N3O3S. The molecule has 0 saturated heterocycles. The molecule has 1 aliphatic rings. The van der Waals surface area contributed by atoms with Crippen LogP contribution in [0.3, 0.4) is 0 Å². The number of hydrogen-bond acceptors (Lipinski definition) is 5. The van der Waals surface area contributed by atoms with E-state index in [9.17, 15) is 14.4 Å². The van der Waals surface area contributed by atoms with E-state index in [0.29, 0.717) is 22.0 Å². The van der Waals surface area contributed by atoms with Gasteiger partial charge in [0.1, 0.15) is 0 Å². The Bertz CT molecular complexity index is 1050. The highest BCUT2D eigenvalue weighted by molar-refractivity contribution is 7.14. The molecule has 4 rings (SSSR count). The minimum atomic E-state index is -0.322. The molecule has 0 unspecified atom stereocenters. The number of carbonyl (C=O) groups is 3. The molecule has 3 aromatic rings. The molecule has 28 heavy (non-hydrogen) atoms. The minimum absolute atomic E-state index is 0.0719. The number of nitrogens with zero attached hydrogens (tertiary/aromatic N) is 3. The zero-order valence-corrected chi connectivity index (χ0v) is 16.2. The van der Waals surface area contributed by atoms with E-state index >= 15 is 0 Å². The quantitative estimate of drug-likeness (QED) is 0.632. The van der Waals surface area contributed by atoms with Crippen molar-refractivity contribution in [2.45, 2.75) is 20.4 Å². The second kappa shape index (κ2) is 7.01. The van der Waals surface area contributed by atoms with Crippen LogP contribution in [0.4, 0.5) is 10.8 Å². The van der Waals surface area contributed by atoms with Crippen LogP contribution >= 0.6 is 11.3 Å². The van der Waals surface area contributed by atoms with E-state index in [2.05, 4.69) is 4.98 Å². The Kier molecular flexibility index (Phi) is 4.52. The van der Waals surface area contributed by atoms with Crippen LogP contribution < -0.4 is 4.90 Å². The topological polar surface area (TPSA) is 70.6 Å². The van der Waals surface area contributed by atoms with Crippen molar-refractivity contribution < 1.29 is 14.4 Å². The SMILES string of the molecule is CC(=O)N(c1ccc(C)cc1)c1nc(CN2C(=O)c3ccccc3C2=O)cs1. The summed E-state index contributed by atoms with van der Waals surface area (Å²) < 4.78 is 0. The van der Waals surface area contributed by atoms with Crippen molar-refractivity contribution in [3.8, 4) is 0 Å². The number of aryl methyl sites for hydroxylation is 1. The number of imide groups is 1. The third-order valence-electron chi connectivity index (χ3n) is 4.54. The third-order valence-corrected chi connectivity index (χ3v) is 5.41. The standard InChI is InChI=1S/C21H17N3O3S/c1-13-7-9-16(10-8-13)24(14(2)25)21-22-15(12-28-21)11-23-19(26)17-5-3-4-6-18(17)20(23)27/h3-10,12H,11H2,1-2H3. The number of rotatable bonds is 4. The van der Waals surface area contributed by atoms with E-state index in [-0.39, 0.29) is 24.3 Å². The fraction of sp³-hybridized carbons (Fsp3) is 0.143. The van der Waals surface area contributed by atoms with Gasteiger partial charge < -0.3 is 0 Å². The van der Waals surface area contributed by atoms with Gasteiger partial charge in [-0.1, -0.05) is 29.8 Å². The Morgan fingerprint density at radius 2 is 1.64 bits per heavy atom. The molecule has 0 atom stereocenters. The molecule has 0 fully saturated rings. The zero-order chi connectivity index (χ0) is 19.8. The van der Waals surface area contributed by atoms with Gasteiger partial charge in [-0.15, -0.1) is 11.3 Å². The van der Waals surface area contributed by atoms with Gasteiger partial charge in [-0.25, -0.2) is 4.98 Å². The van der Waals surface area contributed by atoms with E-state index in [1.54, 1.807) is 29.6 Å². The van der Waals surface area contributed by atoms with E-state index in [0.717, 1.165) is 11.3 Å². The fourth-order valence-electron chi connectivity index (χ4n) is 3.14. The first kappa shape index (κ1) is 18.1. The molecular weight excluding hydrogens is 374 g/mol. The Morgan fingerprint density at radius 3 is 2.21 bits per heavy atom. The number of carbonyl (C=O) groups excluding carboxylic acids is 3. The van der Waals surface area contributed by atoms with Crippen molar-refractivity contribution in [1.29, 1.82) is 0 Å². The highest BCUT2D eigenvalue weighted by Gasteiger charge is 2.35. The molecule has 2 heterocycles. The number of thiazole rings is 1. The molecule has 1 aliphatic heterocycles. The molecule has 0 bridgehead atoms. The summed E-state index contributed by atoms with van der Waals surface area (Å²) in [6.07, 6.45) is 0. The van der Waals surface area contributed by atoms with Gasteiger partial charge in [0, 0.05) is 12.3 Å². The highest BCUT2D eigenvalue weighted by atomic mass is 32.1. The van der Waals surface area contributed by atoms with Crippen molar-refractivity contribution in [3.05, 3.63) is 76.3 Å². The lowest BCUT2D eigenvalue weighted by atomic mass is 10.1. The number of hydrogen-bond donors (Lipinski definition) is 0. The molecule has 6 nitrogen and oxygen atoms in total. The van der Waals surface area contributed by atoms with E-state index < -0.39 is 0 Å². The van der Waals surface area contributed by atoms with Crippen LogP contribution in [0.15, 0.2) is 53.9 Å². The molecule has 0 radical (unpaired) electrons. The third kappa shape index (κ3) is 3.10. The fourth-order valence-corrected chi connectivity index (χ4v) is 4.02. The van der Waals surface area contributed by atoms with Crippen molar-refractivity contribution in [3.63, 3.8) is 0 Å². The summed E-state index contributed by atoms with van der Waals surface area (Å²) in [7, 11) is 0. The van der Waals surface area contributed by atoms with Crippen molar-refractivity contribution >= 4 is 39.9 Å². The molecule has 0 spiro atoms. The van der Waals surface area contributed by atoms with Gasteiger partial charge in [0.25, 0.3) is 11.8 Å². The lowest BCUT2D eigenvalue weighted by molar-refractivity contribution is -0.115. The summed E-state index contributed by atoms with van der Waals surface area (Å²) in [5, 5.41) is 2.27. The van der Waals surface area contributed by atoms with Gasteiger partial charge in [-0.3, -0.25) is 24.2 Å². The number of aromatic nitrogens is 1. The Balaban J connectivity index is 1.59. The maximum absolute atomic E-state index is 12.5. The molecule has 1 aromatic heterocycles. The predicted molar refractivity (Wildman–Crippen MR) is 107 cm³/mol. The lowest BCUT2D eigenvalue weighted by Crippen LogP contribution is -2.29. The molecule has 2 aromatic carbocycles. The summed E-state index contributed by atoms with van der Waals surface area (Å²) in [4.78, 5) is 44.5. The Morgan fingerprint density at radius 1 is 1.04 bits per heavy atom. The van der Waals surface area contributed by atoms with Gasteiger partial charge in [0.05, 0.1) is 29.1 Å². The van der Waals surface area contributed by atoms with E-state index in [1.807, 2.05) is 31.2 Å². The number of benzene rings is 2. The average molecular weight is 391 g/mol. The molecule has 0 aliphatic carbocycles. The maximum Gasteiger partial charge on any atom is 0.261 e. The summed E-state index contributed by atoms with van der Waals surface area (Å²) in [5.74, 6) is -0.806. The van der Waals surface area contributed by atoms with Gasteiger partial charge in [0.15, 0.2) is 5.13 Å². The van der Waals surface area contributed by atoms with Crippen LogP contribution in [0.1, 0.15) is 38.9 Å². The number of amides is 3. The summed E-state index contributed by atoms with van der Waals surface area (Å²) in [6.45, 7) is 3.53. The average Bonchev–Trinajstić information content (AvgIpc) is 3.23. The molecule has 0 N–H and O–H groups in total. The molecule has 140 valence electrons.